The Morgan fingerprint density at radius 1 is 1.16 bits per heavy atom. The van der Waals surface area contributed by atoms with Crippen LogP contribution in [0, 0.1) is 31.5 Å². The van der Waals surface area contributed by atoms with Crippen LogP contribution >= 0.6 is 0 Å². The van der Waals surface area contributed by atoms with Crippen molar-refractivity contribution in [1.29, 1.82) is 0 Å². The Labute approximate surface area is 218 Å². The first-order valence-corrected chi connectivity index (χ1v) is 12.7. The summed E-state index contributed by atoms with van der Waals surface area (Å²) in [7, 11) is 0. The van der Waals surface area contributed by atoms with Crippen LogP contribution in [0.3, 0.4) is 0 Å². The molecule has 38 heavy (non-hydrogen) atoms. The Hall–Kier alpha value is -2.98. The number of hydrogen-bond donors (Lipinski definition) is 1. The van der Waals surface area contributed by atoms with Gasteiger partial charge in [0.05, 0.1) is 18.3 Å². The van der Waals surface area contributed by atoms with E-state index in [0.717, 1.165) is 29.7 Å². The number of benzene rings is 2. The second kappa shape index (κ2) is 10.3. The largest absolute Gasteiger partial charge is 0.455 e. The molecule has 0 spiro atoms. The molecule has 1 aliphatic carbocycles. The van der Waals surface area contributed by atoms with Crippen molar-refractivity contribution < 1.29 is 36.9 Å². The molecule has 0 aromatic heterocycles. The first-order chi connectivity index (χ1) is 18.0. The molecular weight excluding hydrogens is 504 g/mol. The van der Waals surface area contributed by atoms with Crippen LogP contribution in [0.2, 0.25) is 0 Å². The van der Waals surface area contributed by atoms with Crippen LogP contribution in [-0.4, -0.2) is 54.3 Å². The van der Waals surface area contributed by atoms with Gasteiger partial charge in [0.1, 0.15) is 11.9 Å². The second-order valence-corrected chi connectivity index (χ2v) is 10.5. The number of aliphatic imine (C=N–C) groups is 1. The number of aliphatic hydroxyl groups excluding tert-OH is 1. The molecule has 2 aromatic rings. The molecule has 10 heteroatoms. The number of hydrogen-bond acceptors (Lipinski definition) is 5. The van der Waals surface area contributed by atoms with Gasteiger partial charge in [-0.25, -0.2) is 4.39 Å². The molecule has 0 unspecified atom stereocenters. The summed E-state index contributed by atoms with van der Waals surface area (Å²) >= 11 is 0. The van der Waals surface area contributed by atoms with E-state index in [1.165, 1.54) is 12.1 Å². The first kappa shape index (κ1) is 26.6. The van der Waals surface area contributed by atoms with Crippen molar-refractivity contribution in [2.75, 3.05) is 26.3 Å². The predicted molar refractivity (Wildman–Crippen MR) is 131 cm³/mol. The molecule has 1 saturated heterocycles. The van der Waals surface area contributed by atoms with Gasteiger partial charge in [-0.05, 0) is 79.5 Å². The highest BCUT2D eigenvalue weighted by Gasteiger charge is 2.48. The third-order valence-corrected chi connectivity index (χ3v) is 7.89. The topological polar surface area (TPSA) is 71.4 Å². The van der Waals surface area contributed by atoms with Gasteiger partial charge in [-0.1, -0.05) is 17.7 Å². The summed E-state index contributed by atoms with van der Waals surface area (Å²) in [6, 6.07) is 8.62. The van der Waals surface area contributed by atoms with Crippen LogP contribution in [0.25, 0.3) is 0 Å². The first-order valence-electron chi connectivity index (χ1n) is 12.7. The molecule has 1 N–H and O–H groups in total. The monoisotopic (exact) mass is 534 g/mol. The smallest absolute Gasteiger partial charge is 0.416 e. The number of nitrogens with zero attached hydrogens (tertiary/aromatic N) is 2. The van der Waals surface area contributed by atoms with E-state index in [4.69, 9.17) is 9.47 Å². The number of carbonyl (C=O) groups is 1. The van der Waals surface area contributed by atoms with Gasteiger partial charge in [0, 0.05) is 19.0 Å². The Bertz CT molecular complexity index is 1250. The number of fused-ring (bicyclic) bond motifs is 1. The van der Waals surface area contributed by atoms with E-state index in [0.29, 0.717) is 31.1 Å². The number of rotatable bonds is 5. The molecule has 5 rings (SSSR count). The minimum absolute atomic E-state index is 0.0440. The van der Waals surface area contributed by atoms with E-state index in [9.17, 15) is 27.5 Å². The van der Waals surface area contributed by atoms with Gasteiger partial charge in [0.15, 0.2) is 6.61 Å². The van der Waals surface area contributed by atoms with Gasteiger partial charge in [-0.2, -0.15) is 18.2 Å². The van der Waals surface area contributed by atoms with Crippen LogP contribution in [0.1, 0.15) is 52.7 Å². The predicted octanol–water partition coefficient (Wildman–Crippen LogP) is 4.92. The molecule has 1 saturated carbocycles. The summed E-state index contributed by atoms with van der Waals surface area (Å²) in [4.78, 5) is 17.6. The van der Waals surface area contributed by atoms with E-state index in [2.05, 4.69) is 4.99 Å². The lowest BCUT2D eigenvalue weighted by Gasteiger charge is -2.41. The van der Waals surface area contributed by atoms with Crippen LogP contribution in [0.5, 0.6) is 0 Å². The lowest BCUT2D eigenvalue weighted by molar-refractivity contribution is -0.138. The molecule has 2 aliphatic heterocycles. The molecule has 1 amide bonds. The molecular formula is C28H30F4N2O4. The molecule has 5 atom stereocenters. The number of aryl methyl sites for hydroxylation is 2. The maximum atomic E-state index is 14.0. The average Bonchev–Trinajstić information content (AvgIpc) is 3.48. The Kier molecular flexibility index (Phi) is 7.21. The number of alkyl halides is 3. The molecule has 204 valence electrons. The Morgan fingerprint density at radius 2 is 1.95 bits per heavy atom. The summed E-state index contributed by atoms with van der Waals surface area (Å²) in [5, 5.41) is 10.2. The SMILES string of the molecule is Cc1cc([C@@H](CO)O[C@H]2CC[C@@H]3CN(C4=NC(=O)CO4)C[C@H]3[C@@H]2c2ccc(F)cc2C)cc(C(F)(F)F)c1. The van der Waals surface area contributed by atoms with E-state index < -0.39 is 30.6 Å². The zero-order valence-electron chi connectivity index (χ0n) is 21.2. The fraction of sp³-hybridized carbons (Fsp3) is 0.500. The van der Waals surface area contributed by atoms with Crippen LogP contribution in [0.15, 0.2) is 41.4 Å². The van der Waals surface area contributed by atoms with Crippen molar-refractivity contribution in [2.45, 2.75) is 51.0 Å². The van der Waals surface area contributed by atoms with E-state index in [1.807, 2.05) is 11.8 Å². The maximum absolute atomic E-state index is 14.0. The summed E-state index contributed by atoms with van der Waals surface area (Å²) in [5.74, 6) is -0.622. The number of carbonyl (C=O) groups excluding carboxylic acids is 1. The molecule has 3 aliphatic rings. The normalized spacial score (nSPS) is 26.2. The fourth-order valence-corrected chi connectivity index (χ4v) is 6.26. The van der Waals surface area contributed by atoms with Crippen LogP contribution in [-0.2, 0) is 20.4 Å². The van der Waals surface area contributed by atoms with Crippen molar-refractivity contribution in [3.63, 3.8) is 0 Å². The standard InChI is InChI=1S/C28H30F4N2O4/c1-15-7-18(10-19(8-15)28(30,31)32)24(13-35)38-23-6-3-17-11-34(27-33-25(36)14-37-27)12-22(17)26(23)21-5-4-20(29)9-16(21)2/h4-5,7-10,17,22-24,26,35H,3,6,11-14H2,1-2H3/t17-,22-,23+,24-,26+/m1/s1. The van der Waals surface area contributed by atoms with E-state index >= 15 is 0 Å². The van der Waals surface area contributed by atoms with Crippen molar-refractivity contribution in [2.24, 2.45) is 16.8 Å². The number of aliphatic hydroxyl groups is 1. The third kappa shape index (κ3) is 5.29. The highest BCUT2D eigenvalue weighted by molar-refractivity contribution is 5.96. The van der Waals surface area contributed by atoms with Crippen molar-refractivity contribution >= 4 is 11.9 Å². The molecule has 6 nitrogen and oxygen atoms in total. The van der Waals surface area contributed by atoms with Gasteiger partial charge in [0.25, 0.3) is 11.9 Å². The van der Waals surface area contributed by atoms with Gasteiger partial charge in [0.2, 0.25) is 0 Å². The highest BCUT2D eigenvalue weighted by atomic mass is 19.4. The van der Waals surface area contributed by atoms with Crippen molar-refractivity contribution in [1.82, 2.24) is 4.90 Å². The molecule has 2 aromatic carbocycles. The molecule has 0 radical (unpaired) electrons. The summed E-state index contributed by atoms with van der Waals surface area (Å²) in [6.07, 6.45) is -4.52. The van der Waals surface area contributed by atoms with Gasteiger partial charge in [-0.3, -0.25) is 4.79 Å². The van der Waals surface area contributed by atoms with Crippen molar-refractivity contribution in [3.8, 4) is 0 Å². The van der Waals surface area contributed by atoms with Crippen molar-refractivity contribution in [3.05, 3.63) is 70.0 Å². The lowest BCUT2D eigenvalue weighted by atomic mass is 9.68. The Morgan fingerprint density at radius 3 is 2.61 bits per heavy atom. The Balaban J connectivity index is 1.47. The van der Waals surface area contributed by atoms with E-state index in [-0.39, 0.29) is 41.6 Å². The number of ether oxygens (including phenoxy) is 2. The minimum atomic E-state index is -4.52. The summed E-state index contributed by atoms with van der Waals surface area (Å²) in [5.41, 5.74) is 1.54. The fourth-order valence-electron chi connectivity index (χ4n) is 6.26. The van der Waals surface area contributed by atoms with Crippen LogP contribution in [0.4, 0.5) is 17.6 Å². The summed E-state index contributed by atoms with van der Waals surface area (Å²) < 4.78 is 66.4. The number of halogens is 4. The quantitative estimate of drug-likeness (QED) is 0.552. The third-order valence-electron chi connectivity index (χ3n) is 7.89. The van der Waals surface area contributed by atoms with Gasteiger partial charge >= 0.3 is 6.18 Å². The van der Waals surface area contributed by atoms with Gasteiger partial charge < -0.3 is 19.5 Å². The number of amides is 1. The summed E-state index contributed by atoms with van der Waals surface area (Å²) in [6.45, 7) is 4.03. The molecule has 0 bridgehead atoms. The zero-order chi connectivity index (χ0) is 27.2. The highest BCUT2D eigenvalue weighted by Crippen LogP contribution is 2.49. The maximum Gasteiger partial charge on any atom is 0.416 e. The molecule has 2 fully saturated rings. The van der Waals surface area contributed by atoms with Crippen LogP contribution < -0.4 is 0 Å². The lowest BCUT2D eigenvalue weighted by Crippen LogP contribution is -2.39. The minimum Gasteiger partial charge on any atom is -0.455 e. The molecule has 2 heterocycles. The number of amidine groups is 1. The van der Waals surface area contributed by atoms with E-state index in [1.54, 1.807) is 19.1 Å². The zero-order valence-corrected chi connectivity index (χ0v) is 21.2. The number of likely N-dealkylation sites (tertiary alicyclic amines) is 1. The average molecular weight is 535 g/mol. The van der Waals surface area contributed by atoms with Gasteiger partial charge in [-0.15, -0.1) is 0 Å². The second-order valence-electron chi connectivity index (χ2n) is 10.5.